The van der Waals surface area contributed by atoms with Crippen molar-refractivity contribution in [3.8, 4) is 0 Å². The third-order valence-electron chi connectivity index (χ3n) is 3.52. The first kappa shape index (κ1) is 14.4. The fourth-order valence-electron chi connectivity index (χ4n) is 2.38. The lowest BCUT2D eigenvalue weighted by Crippen LogP contribution is -2.25. The topological polar surface area (TPSA) is 65.6 Å². The quantitative estimate of drug-likeness (QED) is 0.741. The van der Waals surface area contributed by atoms with E-state index in [9.17, 15) is 4.79 Å². The third kappa shape index (κ3) is 2.64. The number of nitrogens with zero attached hydrogens (tertiary/aromatic N) is 5. The Hall–Kier alpha value is -2.50. The Morgan fingerprint density at radius 3 is 2.68 bits per heavy atom. The van der Waals surface area contributed by atoms with Crippen molar-refractivity contribution in [2.24, 2.45) is 0 Å². The van der Waals surface area contributed by atoms with Crippen molar-refractivity contribution in [1.29, 1.82) is 0 Å². The van der Waals surface area contributed by atoms with E-state index < -0.39 is 0 Å². The zero-order chi connectivity index (χ0) is 15.7. The molecule has 0 unspecified atom stereocenters. The molecule has 0 aliphatic heterocycles. The van der Waals surface area contributed by atoms with Crippen LogP contribution in [-0.2, 0) is 18.5 Å². The van der Waals surface area contributed by atoms with Gasteiger partial charge in [0.05, 0.1) is 18.1 Å². The Morgan fingerprint density at radius 1 is 1.18 bits per heavy atom. The largest absolute Gasteiger partial charge is 0.298 e. The van der Waals surface area contributed by atoms with Gasteiger partial charge >= 0.3 is 0 Å². The number of rotatable bonds is 3. The van der Waals surface area contributed by atoms with Crippen LogP contribution in [0, 0.1) is 0 Å². The highest BCUT2D eigenvalue weighted by atomic mass is 16.1. The van der Waals surface area contributed by atoms with Crippen LogP contribution in [0.1, 0.15) is 26.5 Å². The molecule has 22 heavy (non-hydrogen) atoms. The van der Waals surface area contributed by atoms with Crippen LogP contribution in [0.25, 0.3) is 11.0 Å². The minimum absolute atomic E-state index is 0.0589. The first-order chi connectivity index (χ1) is 10.5. The highest BCUT2D eigenvalue weighted by Crippen LogP contribution is 2.17. The van der Waals surface area contributed by atoms with E-state index in [1.165, 1.54) is 0 Å². The van der Waals surface area contributed by atoms with Crippen molar-refractivity contribution in [2.45, 2.75) is 39.3 Å². The normalized spacial score (nSPS) is 12.0. The van der Waals surface area contributed by atoms with E-state index in [0.717, 1.165) is 5.69 Å². The SMILES string of the molecule is CC(C)(C)n1ncc2c(=O)n(CCc3ccccn3)cnc21. The zero-order valence-corrected chi connectivity index (χ0v) is 13.0. The van der Waals surface area contributed by atoms with Crippen molar-refractivity contribution in [3.05, 3.63) is 53.0 Å². The summed E-state index contributed by atoms with van der Waals surface area (Å²) in [6.45, 7) is 6.66. The molecule has 0 amide bonds. The molecule has 0 N–H and O–H groups in total. The van der Waals surface area contributed by atoms with E-state index >= 15 is 0 Å². The van der Waals surface area contributed by atoms with Gasteiger partial charge in [-0.25, -0.2) is 9.67 Å². The molecule has 0 aliphatic rings. The van der Waals surface area contributed by atoms with Crippen LogP contribution >= 0.6 is 0 Å². The lowest BCUT2D eigenvalue weighted by atomic mass is 10.1. The van der Waals surface area contributed by atoms with E-state index in [1.54, 1.807) is 28.0 Å². The summed E-state index contributed by atoms with van der Waals surface area (Å²) in [6, 6.07) is 5.78. The number of hydrogen-bond acceptors (Lipinski definition) is 4. The van der Waals surface area contributed by atoms with Gasteiger partial charge in [0.15, 0.2) is 5.65 Å². The number of aromatic nitrogens is 5. The van der Waals surface area contributed by atoms with E-state index in [2.05, 4.69) is 15.1 Å². The van der Waals surface area contributed by atoms with E-state index in [0.29, 0.717) is 24.0 Å². The van der Waals surface area contributed by atoms with Gasteiger partial charge in [0, 0.05) is 24.9 Å². The molecule has 0 aromatic carbocycles. The molecular formula is C16H19N5O. The monoisotopic (exact) mass is 297 g/mol. The molecule has 6 heteroatoms. The summed E-state index contributed by atoms with van der Waals surface area (Å²) in [7, 11) is 0. The van der Waals surface area contributed by atoms with Gasteiger partial charge < -0.3 is 0 Å². The Bertz CT molecular complexity index is 842. The predicted octanol–water partition coefficient (Wildman–Crippen LogP) is 1.99. The first-order valence-electron chi connectivity index (χ1n) is 7.30. The Labute approximate surface area is 128 Å². The fraction of sp³-hybridized carbons (Fsp3) is 0.375. The second-order valence-corrected chi connectivity index (χ2v) is 6.28. The predicted molar refractivity (Wildman–Crippen MR) is 84.7 cm³/mol. The molecule has 3 heterocycles. The van der Waals surface area contributed by atoms with Crippen molar-refractivity contribution < 1.29 is 0 Å². The van der Waals surface area contributed by atoms with Gasteiger partial charge in [0.1, 0.15) is 5.39 Å². The highest BCUT2D eigenvalue weighted by molar-refractivity contribution is 5.73. The van der Waals surface area contributed by atoms with Crippen molar-refractivity contribution in [2.75, 3.05) is 0 Å². The van der Waals surface area contributed by atoms with Gasteiger partial charge in [-0.1, -0.05) is 6.07 Å². The van der Waals surface area contributed by atoms with Gasteiger partial charge in [-0.2, -0.15) is 5.10 Å². The zero-order valence-electron chi connectivity index (χ0n) is 13.0. The maximum atomic E-state index is 12.5. The Balaban J connectivity index is 1.93. The third-order valence-corrected chi connectivity index (χ3v) is 3.52. The van der Waals surface area contributed by atoms with Crippen LogP contribution in [0.2, 0.25) is 0 Å². The molecule has 0 atom stereocenters. The molecule has 3 aromatic rings. The van der Waals surface area contributed by atoms with Gasteiger partial charge in [-0.05, 0) is 32.9 Å². The summed E-state index contributed by atoms with van der Waals surface area (Å²) < 4.78 is 3.40. The lowest BCUT2D eigenvalue weighted by molar-refractivity contribution is 0.365. The van der Waals surface area contributed by atoms with Crippen LogP contribution in [0.4, 0.5) is 0 Å². The molecule has 6 nitrogen and oxygen atoms in total. The smallest absolute Gasteiger partial charge is 0.264 e. The second kappa shape index (κ2) is 5.36. The van der Waals surface area contributed by atoms with Crippen molar-refractivity contribution in [3.63, 3.8) is 0 Å². The van der Waals surface area contributed by atoms with Crippen LogP contribution in [0.15, 0.2) is 41.7 Å². The fourth-order valence-corrected chi connectivity index (χ4v) is 2.38. The van der Waals surface area contributed by atoms with Crippen LogP contribution in [0.3, 0.4) is 0 Å². The molecule has 0 saturated heterocycles. The van der Waals surface area contributed by atoms with Gasteiger partial charge in [0.25, 0.3) is 5.56 Å². The Morgan fingerprint density at radius 2 is 2.00 bits per heavy atom. The number of fused-ring (bicyclic) bond motifs is 1. The average molecular weight is 297 g/mol. The maximum Gasteiger partial charge on any atom is 0.264 e. The summed E-state index contributed by atoms with van der Waals surface area (Å²) in [5.74, 6) is 0. The molecule has 3 aromatic heterocycles. The van der Waals surface area contributed by atoms with E-state index in [4.69, 9.17) is 0 Å². The first-order valence-corrected chi connectivity index (χ1v) is 7.30. The van der Waals surface area contributed by atoms with Gasteiger partial charge in [-0.3, -0.25) is 14.3 Å². The molecule has 0 fully saturated rings. The van der Waals surface area contributed by atoms with Gasteiger partial charge in [-0.15, -0.1) is 0 Å². The summed E-state index contributed by atoms with van der Waals surface area (Å²) in [6.07, 6.45) is 5.65. The summed E-state index contributed by atoms with van der Waals surface area (Å²) in [4.78, 5) is 21.2. The minimum atomic E-state index is -0.207. The molecule has 114 valence electrons. The lowest BCUT2D eigenvalue weighted by Gasteiger charge is -2.19. The molecule has 0 aliphatic carbocycles. The van der Waals surface area contributed by atoms with Crippen LogP contribution < -0.4 is 5.56 Å². The van der Waals surface area contributed by atoms with Crippen LogP contribution in [0.5, 0.6) is 0 Å². The van der Waals surface area contributed by atoms with Crippen LogP contribution in [-0.4, -0.2) is 24.3 Å². The average Bonchev–Trinajstić information content (AvgIpc) is 2.92. The molecule has 3 rings (SSSR count). The van der Waals surface area contributed by atoms with Gasteiger partial charge in [0.2, 0.25) is 0 Å². The van der Waals surface area contributed by atoms with Crippen molar-refractivity contribution in [1.82, 2.24) is 24.3 Å². The standard InChI is InChI=1S/C16H19N5O/c1-16(2,3)21-14-13(10-19-21)15(22)20(11-18-14)9-7-12-6-4-5-8-17-12/h4-6,8,10-11H,7,9H2,1-3H3. The molecular weight excluding hydrogens is 278 g/mol. The second-order valence-electron chi connectivity index (χ2n) is 6.28. The summed E-state index contributed by atoms with van der Waals surface area (Å²) in [5.41, 5.74) is 1.32. The molecule has 0 radical (unpaired) electrons. The van der Waals surface area contributed by atoms with E-state index in [1.807, 2.05) is 39.0 Å². The van der Waals surface area contributed by atoms with Crippen molar-refractivity contribution >= 4 is 11.0 Å². The summed E-state index contributed by atoms with van der Waals surface area (Å²) >= 11 is 0. The maximum absolute atomic E-state index is 12.5. The Kier molecular flexibility index (Phi) is 3.52. The minimum Gasteiger partial charge on any atom is -0.298 e. The molecule has 0 spiro atoms. The number of pyridine rings is 1. The molecule has 0 saturated carbocycles. The number of aryl methyl sites for hydroxylation is 2. The summed E-state index contributed by atoms with van der Waals surface area (Å²) in [5, 5.41) is 4.87. The van der Waals surface area contributed by atoms with E-state index in [-0.39, 0.29) is 11.1 Å². The number of hydrogen-bond donors (Lipinski definition) is 0. The molecule has 0 bridgehead atoms. The highest BCUT2D eigenvalue weighted by Gasteiger charge is 2.19.